The van der Waals surface area contributed by atoms with Crippen molar-refractivity contribution in [3.8, 4) is 10.9 Å². The van der Waals surface area contributed by atoms with Gasteiger partial charge in [-0.1, -0.05) is 31.2 Å². The lowest BCUT2D eigenvalue weighted by Crippen LogP contribution is -2.48. The number of nitrogens with zero attached hydrogens (tertiary/aromatic N) is 4. The molecule has 0 aliphatic carbocycles. The molecule has 1 amide bonds. The van der Waals surface area contributed by atoms with Crippen molar-refractivity contribution in [1.82, 2.24) is 19.2 Å². The van der Waals surface area contributed by atoms with Crippen molar-refractivity contribution < 1.29 is 13.9 Å². The van der Waals surface area contributed by atoms with Gasteiger partial charge < -0.3 is 14.5 Å². The van der Waals surface area contributed by atoms with Gasteiger partial charge in [-0.25, -0.2) is 4.39 Å². The number of carbonyl (C=O) groups excluding carboxylic acids is 1. The molecule has 2 aromatic carbocycles. The molecule has 0 radical (unpaired) electrons. The van der Waals surface area contributed by atoms with Crippen LogP contribution in [0.2, 0.25) is 0 Å². The van der Waals surface area contributed by atoms with E-state index in [1.54, 1.807) is 12.1 Å². The van der Waals surface area contributed by atoms with Crippen molar-refractivity contribution in [1.29, 1.82) is 0 Å². The monoisotopic (exact) mass is 440 g/mol. The fourth-order valence-electron chi connectivity index (χ4n) is 3.51. The first-order valence-corrected chi connectivity index (χ1v) is 11.2. The average molecular weight is 441 g/mol. The Balaban J connectivity index is 1.29. The molecular weight excluding hydrogens is 415 g/mol. The van der Waals surface area contributed by atoms with Crippen LogP contribution in [0.4, 0.5) is 4.39 Å². The summed E-state index contributed by atoms with van der Waals surface area (Å²) in [6.07, 6.45) is 0.917. The van der Waals surface area contributed by atoms with Gasteiger partial charge in [0.1, 0.15) is 11.6 Å². The van der Waals surface area contributed by atoms with E-state index in [4.69, 9.17) is 4.74 Å². The molecule has 0 N–H and O–H groups in total. The van der Waals surface area contributed by atoms with Gasteiger partial charge in [-0.05, 0) is 41.9 Å². The van der Waals surface area contributed by atoms with E-state index in [-0.39, 0.29) is 11.7 Å². The van der Waals surface area contributed by atoms with E-state index in [0.717, 1.165) is 43.9 Å². The number of amides is 1. The predicted octanol–water partition coefficient (Wildman–Crippen LogP) is 3.77. The number of piperazine rings is 1. The second-order valence-corrected chi connectivity index (χ2v) is 8.23. The molecule has 3 aromatic rings. The normalized spacial score (nSPS) is 14.6. The largest absolute Gasteiger partial charge is 0.430 e. The zero-order chi connectivity index (χ0) is 21.6. The number of hydrogen-bond donors (Lipinski definition) is 0. The molecule has 2 heterocycles. The van der Waals surface area contributed by atoms with Crippen LogP contribution < -0.4 is 4.74 Å². The second-order valence-electron chi connectivity index (χ2n) is 7.52. The van der Waals surface area contributed by atoms with Crippen LogP contribution in [0.5, 0.6) is 10.9 Å². The summed E-state index contributed by atoms with van der Waals surface area (Å²) >= 11 is 1.18. The Hall–Kier alpha value is -2.84. The lowest BCUT2D eigenvalue weighted by atomic mass is 10.1. The minimum Gasteiger partial charge on any atom is -0.430 e. The minimum atomic E-state index is -0.261. The minimum absolute atomic E-state index is 0.166. The SMILES string of the molecule is CCN1CCN(C(=O)Cc2ccc(Oc3nc(Cc4ccc(F)cc4)ns3)cc2)CC1. The fraction of sp³-hybridized carbons (Fsp3) is 0.348. The van der Waals surface area contributed by atoms with Gasteiger partial charge in [0.05, 0.1) is 6.42 Å². The molecule has 0 unspecified atom stereocenters. The van der Waals surface area contributed by atoms with E-state index in [9.17, 15) is 9.18 Å². The Kier molecular flexibility index (Phi) is 6.89. The van der Waals surface area contributed by atoms with E-state index in [1.165, 1.54) is 23.7 Å². The summed E-state index contributed by atoms with van der Waals surface area (Å²) in [5.74, 6) is 1.19. The molecule has 0 atom stereocenters. The Labute approximate surface area is 185 Å². The fourth-order valence-corrected chi connectivity index (χ4v) is 4.08. The van der Waals surface area contributed by atoms with E-state index >= 15 is 0 Å². The van der Waals surface area contributed by atoms with Gasteiger partial charge in [-0.15, -0.1) is 0 Å². The number of halogens is 1. The number of rotatable bonds is 7. The molecule has 8 heteroatoms. The molecule has 31 heavy (non-hydrogen) atoms. The summed E-state index contributed by atoms with van der Waals surface area (Å²) in [6.45, 7) is 6.66. The van der Waals surface area contributed by atoms with E-state index < -0.39 is 0 Å². The van der Waals surface area contributed by atoms with E-state index in [0.29, 0.717) is 29.6 Å². The highest BCUT2D eigenvalue weighted by atomic mass is 32.1. The molecule has 0 saturated carbocycles. The first kappa shape index (κ1) is 21.4. The zero-order valence-corrected chi connectivity index (χ0v) is 18.3. The van der Waals surface area contributed by atoms with Gasteiger partial charge in [0, 0.05) is 44.1 Å². The highest BCUT2D eigenvalue weighted by Crippen LogP contribution is 2.24. The van der Waals surface area contributed by atoms with Gasteiger partial charge in [0.25, 0.3) is 5.19 Å². The Bertz CT molecular complexity index is 999. The maximum Gasteiger partial charge on any atom is 0.298 e. The van der Waals surface area contributed by atoms with Crippen molar-refractivity contribution in [2.45, 2.75) is 19.8 Å². The topological polar surface area (TPSA) is 58.6 Å². The first-order valence-electron chi connectivity index (χ1n) is 10.4. The van der Waals surface area contributed by atoms with Crippen LogP contribution in [-0.2, 0) is 17.6 Å². The number of hydrogen-bond acceptors (Lipinski definition) is 6. The van der Waals surface area contributed by atoms with Gasteiger partial charge in [-0.2, -0.15) is 9.36 Å². The molecule has 0 bridgehead atoms. The standard InChI is InChI=1S/C23H25FN4O2S/c1-2-27-11-13-28(14-12-27)22(29)16-18-5-9-20(10-6-18)30-23-25-21(26-31-23)15-17-3-7-19(24)8-4-17/h3-10H,2,11-16H2,1H3. The molecule has 1 fully saturated rings. The van der Waals surface area contributed by atoms with Crippen molar-refractivity contribution in [3.63, 3.8) is 0 Å². The zero-order valence-electron chi connectivity index (χ0n) is 17.5. The molecule has 1 aliphatic heterocycles. The average Bonchev–Trinajstić information content (AvgIpc) is 3.23. The van der Waals surface area contributed by atoms with E-state index in [1.807, 2.05) is 29.2 Å². The molecule has 6 nitrogen and oxygen atoms in total. The van der Waals surface area contributed by atoms with Crippen LogP contribution in [0.3, 0.4) is 0 Å². The molecule has 0 spiro atoms. The molecule has 1 aliphatic rings. The molecule has 1 saturated heterocycles. The molecule has 162 valence electrons. The third-order valence-electron chi connectivity index (χ3n) is 5.38. The van der Waals surface area contributed by atoms with Crippen LogP contribution in [0.1, 0.15) is 23.9 Å². The summed E-state index contributed by atoms with van der Waals surface area (Å²) < 4.78 is 23.1. The van der Waals surface area contributed by atoms with Crippen LogP contribution in [-0.4, -0.2) is 57.8 Å². The quantitative estimate of drug-likeness (QED) is 0.560. The van der Waals surface area contributed by atoms with Crippen molar-refractivity contribution in [2.75, 3.05) is 32.7 Å². The Morgan fingerprint density at radius 3 is 2.39 bits per heavy atom. The number of ether oxygens (including phenoxy) is 1. The summed E-state index contributed by atoms with van der Waals surface area (Å²) in [7, 11) is 0. The highest BCUT2D eigenvalue weighted by Gasteiger charge is 2.20. The van der Waals surface area contributed by atoms with Crippen molar-refractivity contribution in [3.05, 3.63) is 71.3 Å². The smallest absolute Gasteiger partial charge is 0.298 e. The van der Waals surface area contributed by atoms with Crippen LogP contribution in [0.15, 0.2) is 48.5 Å². The van der Waals surface area contributed by atoms with Crippen molar-refractivity contribution in [2.24, 2.45) is 0 Å². The number of aromatic nitrogens is 2. The predicted molar refractivity (Wildman–Crippen MR) is 118 cm³/mol. The lowest BCUT2D eigenvalue weighted by molar-refractivity contribution is -0.132. The molecule has 1 aromatic heterocycles. The third kappa shape index (κ3) is 5.86. The highest BCUT2D eigenvalue weighted by molar-refractivity contribution is 7.07. The van der Waals surface area contributed by atoms with Gasteiger partial charge >= 0.3 is 0 Å². The molecular formula is C23H25FN4O2S. The second kappa shape index (κ2) is 9.98. The van der Waals surface area contributed by atoms with Crippen LogP contribution in [0.25, 0.3) is 0 Å². The lowest BCUT2D eigenvalue weighted by Gasteiger charge is -2.34. The van der Waals surface area contributed by atoms with Gasteiger partial charge in [0.15, 0.2) is 5.82 Å². The van der Waals surface area contributed by atoms with Gasteiger partial charge in [0.2, 0.25) is 5.91 Å². The number of likely N-dealkylation sites (N-methyl/N-ethyl adjacent to an activating group) is 1. The maximum atomic E-state index is 13.0. The summed E-state index contributed by atoms with van der Waals surface area (Å²) in [5.41, 5.74) is 1.90. The molecule has 4 rings (SSSR count). The van der Waals surface area contributed by atoms with E-state index in [2.05, 4.69) is 21.2 Å². The van der Waals surface area contributed by atoms with Crippen LogP contribution >= 0.6 is 11.5 Å². The van der Waals surface area contributed by atoms with Crippen LogP contribution in [0, 0.1) is 5.82 Å². The van der Waals surface area contributed by atoms with Gasteiger partial charge in [-0.3, -0.25) is 4.79 Å². The third-order valence-corrected chi connectivity index (χ3v) is 6.01. The van der Waals surface area contributed by atoms with Crippen molar-refractivity contribution >= 4 is 17.4 Å². The number of benzene rings is 2. The summed E-state index contributed by atoms with van der Waals surface area (Å²) in [5, 5.41) is 0.453. The Morgan fingerprint density at radius 2 is 1.71 bits per heavy atom. The first-order chi connectivity index (χ1) is 15.1. The maximum absolute atomic E-state index is 13.0. The summed E-state index contributed by atoms with van der Waals surface area (Å²) in [6, 6.07) is 13.8. The summed E-state index contributed by atoms with van der Waals surface area (Å²) in [4.78, 5) is 21.2. The number of carbonyl (C=O) groups is 1. The Morgan fingerprint density at radius 1 is 1.03 bits per heavy atom.